The van der Waals surface area contributed by atoms with Crippen LogP contribution >= 0.6 is 0 Å². The largest absolute Gasteiger partial charge is 0.394 e. The van der Waals surface area contributed by atoms with Crippen LogP contribution in [0, 0.1) is 5.41 Å². The van der Waals surface area contributed by atoms with Crippen LogP contribution in [0.5, 0.6) is 0 Å². The third-order valence-corrected chi connectivity index (χ3v) is 3.36. The van der Waals surface area contributed by atoms with Crippen LogP contribution in [0.25, 0.3) is 0 Å². The number of hydrogen-bond acceptors (Lipinski definition) is 3. The molecule has 0 fully saturated rings. The summed E-state index contributed by atoms with van der Waals surface area (Å²) < 4.78 is 0. The van der Waals surface area contributed by atoms with Gasteiger partial charge < -0.3 is 20.6 Å². The minimum atomic E-state index is -0.244. The first-order valence-electron chi connectivity index (χ1n) is 8.07. The van der Waals surface area contributed by atoms with Gasteiger partial charge in [-0.25, -0.2) is 4.79 Å². The number of rotatable bonds is 7. The predicted octanol–water partition coefficient (Wildman–Crippen LogP) is 2.34. The quantitative estimate of drug-likeness (QED) is 0.722. The number of benzene rings is 1. The highest BCUT2D eigenvalue weighted by Crippen LogP contribution is 2.20. The molecule has 0 aliphatic rings. The van der Waals surface area contributed by atoms with E-state index in [-0.39, 0.29) is 24.1 Å². The molecule has 0 heterocycles. The van der Waals surface area contributed by atoms with Gasteiger partial charge in [0, 0.05) is 13.1 Å². The Morgan fingerprint density at radius 1 is 1.26 bits per heavy atom. The van der Waals surface area contributed by atoms with Gasteiger partial charge in [0.1, 0.15) is 0 Å². The van der Waals surface area contributed by atoms with Crippen molar-refractivity contribution in [2.45, 2.75) is 46.3 Å². The van der Waals surface area contributed by atoms with Gasteiger partial charge in [0.05, 0.1) is 12.6 Å². The predicted molar refractivity (Wildman–Crippen MR) is 94.2 cm³/mol. The SMILES string of the molecule is CN(C)Cc1cccc(CNC(=O)NC(CO)CC(C)(C)C)c1. The van der Waals surface area contributed by atoms with Crippen LogP contribution < -0.4 is 10.6 Å². The van der Waals surface area contributed by atoms with Crippen molar-refractivity contribution in [3.63, 3.8) is 0 Å². The smallest absolute Gasteiger partial charge is 0.315 e. The highest BCUT2D eigenvalue weighted by molar-refractivity contribution is 5.74. The van der Waals surface area contributed by atoms with Gasteiger partial charge in [0.2, 0.25) is 0 Å². The van der Waals surface area contributed by atoms with Crippen molar-refractivity contribution in [1.82, 2.24) is 15.5 Å². The van der Waals surface area contributed by atoms with Gasteiger partial charge in [0.15, 0.2) is 0 Å². The first-order chi connectivity index (χ1) is 10.7. The highest BCUT2D eigenvalue weighted by atomic mass is 16.3. The molecule has 2 amide bonds. The van der Waals surface area contributed by atoms with Crippen molar-refractivity contribution in [2.24, 2.45) is 5.41 Å². The van der Waals surface area contributed by atoms with Crippen molar-refractivity contribution in [1.29, 1.82) is 0 Å². The van der Waals surface area contributed by atoms with Gasteiger partial charge in [-0.2, -0.15) is 0 Å². The van der Waals surface area contributed by atoms with Crippen molar-refractivity contribution in [2.75, 3.05) is 20.7 Å². The maximum atomic E-state index is 12.0. The second kappa shape index (κ2) is 8.89. The molecule has 0 spiro atoms. The standard InChI is InChI=1S/C18H31N3O2/c1-18(2,3)10-16(13-22)20-17(23)19-11-14-7-6-8-15(9-14)12-21(4)5/h6-9,16,22H,10-13H2,1-5H3,(H2,19,20,23). The van der Waals surface area contributed by atoms with Gasteiger partial charge >= 0.3 is 6.03 Å². The summed E-state index contributed by atoms with van der Waals surface area (Å²) in [5.74, 6) is 0. The van der Waals surface area contributed by atoms with Crippen LogP contribution in [0.4, 0.5) is 4.79 Å². The molecule has 3 N–H and O–H groups in total. The van der Waals surface area contributed by atoms with Crippen LogP contribution in [0.15, 0.2) is 24.3 Å². The van der Waals surface area contributed by atoms with E-state index in [4.69, 9.17) is 0 Å². The minimum absolute atomic E-state index is 0.0526. The Morgan fingerprint density at radius 3 is 2.48 bits per heavy atom. The summed E-state index contributed by atoms with van der Waals surface area (Å²) in [6.07, 6.45) is 0.731. The lowest BCUT2D eigenvalue weighted by atomic mass is 9.88. The summed E-state index contributed by atoms with van der Waals surface area (Å²) in [7, 11) is 4.06. The normalized spacial score (nSPS) is 13.0. The molecule has 1 aromatic carbocycles. The van der Waals surface area contributed by atoms with Crippen LogP contribution in [0.2, 0.25) is 0 Å². The van der Waals surface area contributed by atoms with Gasteiger partial charge in [-0.15, -0.1) is 0 Å². The molecule has 1 atom stereocenters. The summed E-state index contributed by atoms with van der Waals surface area (Å²) in [5, 5.41) is 15.1. The molecule has 0 radical (unpaired) electrons. The van der Waals surface area contributed by atoms with E-state index in [1.54, 1.807) is 0 Å². The second-order valence-electron chi connectivity index (χ2n) is 7.53. The molecule has 0 saturated heterocycles. The van der Waals surface area contributed by atoms with Crippen LogP contribution in [0.1, 0.15) is 38.3 Å². The number of hydrogen-bond donors (Lipinski definition) is 3. The van der Waals surface area contributed by atoms with Gasteiger partial charge in [-0.1, -0.05) is 45.0 Å². The average molecular weight is 321 g/mol. The summed E-state index contributed by atoms with van der Waals surface area (Å²) >= 11 is 0. The third kappa shape index (κ3) is 8.57. The molecule has 130 valence electrons. The third-order valence-electron chi connectivity index (χ3n) is 3.36. The topological polar surface area (TPSA) is 64.6 Å². The van der Waals surface area contributed by atoms with Crippen molar-refractivity contribution >= 4 is 6.03 Å². The number of aliphatic hydroxyl groups excluding tert-OH is 1. The van der Waals surface area contributed by atoms with Crippen LogP contribution in [0.3, 0.4) is 0 Å². The number of amides is 2. The zero-order valence-corrected chi connectivity index (χ0v) is 15.0. The molecule has 1 rings (SSSR count). The fraction of sp³-hybridized carbons (Fsp3) is 0.611. The molecule has 0 aromatic heterocycles. The molecular weight excluding hydrogens is 290 g/mol. The molecule has 0 bridgehead atoms. The van der Waals surface area contributed by atoms with E-state index < -0.39 is 0 Å². The lowest BCUT2D eigenvalue weighted by molar-refractivity contribution is 0.190. The Bertz CT molecular complexity index is 495. The monoisotopic (exact) mass is 321 g/mol. The summed E-state index contributed by atoms with van der Waals surface area (Å²) in [4.78, 5) is 14.1. The number of carbonyl (C=O) groups excluding carboxylic acids is 1. The minimum Gasteiger partial charge on any atom is -0.394 e. The number of nitrogens with one attached hydrogen (secondary N) is 2. The first-order valence-corrected chi connectivity index (χ1v) is 8.07. The molecule has 23 heavy (non-hydrogen) atoms. The summed E-state index contributed by atoms with van der Waals surface area (Å²) in [6.45, 7) is 7.56. The highest BCUT2D eigenvalue weighted by Gasteiger charge is 2.19. The fourth-order valence-corrected chi connectivity index (χ4v) is 2.52. The Labute approximate surface area is 140 Å². The zero-order valence-electron chi connectivity index (χ0n) is 15.0. The van der Waals surface area contributed by atoms with Gasteiger partial charge in [-0.3, -0.25) is 0 Å². The van der Waals surface area contributed by atoms with Crippen molar-refractivity contribution in [3.05, 3.63) is 35.4 Å². The van der Waals surface area contributed by atoms with E-state index >= 15 is 0 Å². The molecule has 0 saturated carbocycles. The Kier molecular flexibility index (Phi) is 7.52. The molecule has 5 heteroatoms. The number of nitrogens with zero attached hydrogens (tertiary/aromatic N) is 1. The molecule has 0 aliphatic heterocycles. The summed E-state index contributed by atoms with van der Waals surface area (Å²) in [6, 6.07) is 7.71. The van der Waals surface area contributed by atoms with E-state index in [1.165, 1.54) is 5.56 Å². The number of urea groups is 1. The van der Waals surface area contributed by atoms with E-state index in [0.29, 0.717) is 6.54 Å². The number of carbonyl (C=O) groups is 1. The van der Waals surface area contributed by atoms with E-state index in [9.17, 15) is 9.90 Å². The lowest BCUT2D eigenvalue weighted by Crippen LogP contribution is -2.45. The fourth-order valence-electron chi connectivity index (χ4n) is 2.52. The van der Waals surface area contributed by atoms with E-state index in [0.717, 1.165) is 18.5 Å². The summed E-state index contributed by atoms with van der Waals surface area (Å²) in [5.41, 5.74) is 2.34. The Morgan fingerprint density at radius 2 is 1.91 bits per heavy atom. The molecule has 5 nitrogen and oxygen atoms in total. The van der Waals surface area contributed by atoms with E-state index in [2.05, 4.69) is 48.4 Å². The van der Waals surface area contributed by atoms with Crippen LogP contribution in [-0.2, 0) is 13.1 Å². The first kappa shape index (κ1) is 19.5. The van der Waals surface area contributed by atoms with Crippen LogP contribution in [-0.4, -0.2) is 42.8 Å². The second-order valence-corrected chi connectivity index (χ2v) is 7.53. The van der Waals surface area contributed by atoms with Gasteiger partial charge in [-0.05, 0) is 37.1 Å². The molecule has 1 unspecified atom stereocenters. The maximum absolute atomic E-state index is 12.0. The van der Waals surface area contributed by atoms with Crippen molar-refractivity contribution in [3.8, 4) is 0 Å². The molecule has 1 aromatic rings. The molecule has 0 aliphatic carbocycles. The van der Waals surface area contributed by atoms with Crippen molar-refractivity contribution < 1.29 is 9.90 Å². The Hall–Kier alpha value is -1.59. The number of aliphatic hydroxyl groups is 1. The van der Waals surface area contributed by atoms with E-state index in [1.807, 2.05) is 26.2 Å². The molecular formula is C18H31N3O2. The maximum Gasteiger partial charge on any atom is 0.315 e. The lowest BCUT2D eigenvalue weighted by Gasteiger charge is -2.25. The average Bonchev–Trinajstić information content (AvgIpc) is 2.42. The zero-order chi connectivity index (χ0) is 17.5. The van der Waals surface area contributed by atoms with Gasteiger partial charge in [0.25, 0.3) is 0 Å². The Balaban J connectivity index is 2.49.